The molecule has 9 nitrogen and oxygen atoms in total. The number of aliphatic carboxylic acids is 1. The Labute approximate surface area is 145 Å². The fraction of sp³-hybridized carbons (Fsp3) is 0.467. The van der Waals surface area contributed by atoms with Gasteiger partial charge in [-0.3, -0.25) is 9.59 Å². The maximum atomic E-state index is 12.7. The Morgan fingerprint density at radius 1 is 1.32 bits per heavy atom. The van der Waals surface area contributed by atoms with E-state index in [4.69, 9.17) is 14.6 Å². The van der Waals surface area contributed by atoms with Gasteiger partial charge in [-0.1, -0.05) is 0 Å². The molecule has 25 heavy (non-hydrogen) atoms. The summed E-state index contributed by atoms with van der Waals surface area (Å²) in [6.45, 7) is 2.37. The zero-order chi connectivity index (χ0) is 18.6. The number of carboxylic acid groups (broad SMARTS) is 1. The van der Waals surface area contributed by atoms with Crippen molar-refractivity contribution >= 4 is 21.9 Å². The number of nitrogens with zero attached hydrogens (tertiary/aromatic N) is 1. The molecule has 0 unspecified atom stereocenters. The Kier molecular flexibility index (Phi) is 5.98. The molecule has 138 valence electrons. The van der Waals surface area contributed by atoms with Crippen LogP contribution in [-0.2, 0) is 19.6 Å². The highest BCUT2D eigenvalue weighted by Gasteiger charge is 2.28. The number of benzene rings is 1. The van der Waals surface area contributed by atoms with Gasteiger partial charge in [0.05, 0.1) is 30.8 Å². The van der Waals surface area contributed by atoms with E-state index >= 15 is 0 Å². The van der Waals surface area contributed by atoms with Crippen LogP contribution >= 0.6 is 0 Å². The summed E-state index contributed by atoms with van der Waals surface area (Å²) in [6, 6.07) is 2.78. The van der Waals surface area contributed by atoms with E-state index in [1.54, 1.807) is 0 Å². The molecule has 1 saturated heterocycles. The molecule has 10 heteroatoms. The summed E-state index contributed by atoms with van der Waals surface area (Å²) < 4.78 is 36.9. The van der Waals surface area contributed by atoms with Gasteiger partial charge >= 0.3 is 5.97 Å². The number of carbonyl (C=O) groups is 2. The van der Waals surface area contributed by atoms with E-state index in [-0.39, 0.29) is 29.3 Å². The van der Waals surface area contributed by atoms with Gasteiger partial charge in [0.15, 0.2) is 0 Å². The Morgan fingerprint density at radius 3 is 2.52 bits per heavy atom. The van der Waals surface area contributed by atoms with Crippen LogP contribution in [0.25, 0.3) is 0 Å². The van der Waals surface area contributed by atoms with Crippen molar-refractivity contribution in [2.45, 2.75) is 17.9 Å². The molecule has 0 aromatic heterocycles. The fourth-order valence-electron chi connectivity index (χ4n) is 2.30. The second kappa shape index (κ2) is 7.81. The lowest BCUT2D eigenvalue weighted by molar-refractivity contribution is -0.138. The highest BCUT2D eigenvalue weighted by molar-refractivity contribution is 7.89. The first kappa shape index (κ1) is 19.2. The molecule has 2 rings (SSSR count). The largest absolute Gasteiger partial charge is 0.496 e. The average Bonchev–Trinajstić information content (AvgIpc) is 2.61. The third kappa shape index (κ3) is 4.27. The second-order valence-electron chi connectivity index (χ2n) is 5.41. The van der Waals surface area contributed by atoms with E-state index in [9.17, 15) is 18.0 Å². The molecule has 1 fully saturated rings. The van der Waals surface area contributed by atoms with Gasteiger partial charge in [0.25, 0.3) is 5.91 Å². The Hall–Kier alpha value is -2.17. The third-order valence-corrected chi connectivity index (χ3v) is 5.64. The molecule has 0 saturated carbocycles. The number of rotatable bonds is 6. The number of carboxylic acids is 1. The summed E-state index contributed by atoms with van der Waals surface area (Å²) in [5, 5.41) is 11.2. The summed E-state index contributed by atoms with van der Waals surface area (Å²) in [5.41, 5.74) is -0.0510. The van der Waals surface area contributed by atoms with E-state index < -0.39 is 27.9 Å². The minimum absolute atomic E-state index is 0.0510. The van der Waals surface area contributed by atoms with Gasteiger partial charge in [0.1, 0.15) is 11.8 Å². The summed E-state index contributed by atoms with van der Waals surface area (Å²) in [6.07, 6.45) is 0. The number of methoxy groups -OCH3 is 1. The zero-order valence-electron chi connectivity index (χ0n) is 13.9. The van der Waals surface area contributed by atoms with Gasteiger partial charge in [0, 0.05) is 13.1 Å². The van der Waals surface area contributed by atoms with Crippen molar-refractivity contribution in [1.82, 2.24) is 9.62 Å². The number of nitrogens with one attached hydrogen (secondary N) is 1. The van der Waals surface area contributed by atoms with Crippen LogP contribution in [0.15, 0.2) is 23.1 Å². The number of hydrogen-bond acceptors (Lipinski definition) is 6. The topological polar surface area (TPSA) is 122 Å². The predicted octanol–water partition coefficient (Wildman–Crippen LogP) is -0.0810. The van der Waals surface area contributed by atoms with Gasteiger partial charge in [-0.25, -0.2) is 8.42 Å². The minimum atomic E-state index is -3.79. The molecule has 1 heterocycles. The first-order valence-electron chi connectivity index (χ1n) is 7.57. The van der Waals surface area contributed by atoms with E-state index in [0.717, 1.165) is 0 Å². The van der Waals surface area contributed by atoms with Crippen molar-refractivity contribution in [1.29, 1.82) is 0 Å². The number of morpholine rings is 1. The maximum Gasteiger partial charge on any atom is 0.325 e. The Morgan fingerprint density at radius 2 is 1.96 bits per heavy atom. The fourth-order valence-corrected chi connectivity index (χ4v) is 3.73. The van der Waals surface area contributed by atoms with Gasteiger partial charge < -0.3 is 19.9 Å². The van der Waals surface area contributed by atoms with Crippen LogP contribution in [0.5, 0.6) is 5.75 Å². The van der Waals surface area contributed by atoms with Gasteiger partial charge in [-0.15, -0.1) is 0 Å². The van der Waals surface area contributed by atoms with Crippen LogP contribution in [0.4, 0.5) is 0 Å². The molecular weight excluding hydrogens is 352 g/mol. The smallest absolute Gasteiger partial charge is 0.325 e. The van der Waals surface area contributed by atoms with Gasteiger partial charge in [-0.05, 0) is 25.1 Å². The maximum absolute atomic E-state index is 12.7. The van der Waals surface area contributed by atoms with Crippen molar-refractivity contribution in [3.05, 3.63) is 23.8 Å². The van der Waals surface area contributed by atoms with Gasteiger partial charge in [-0.2, -0.15) is 4.31 Å². The molecule has 0 spiro atoms. The van der Waals surface area contributed by atoms with E-state index in [0.29, 0.717) is 13.2 Å². The highest BCUT2D eigenvalue weighted by atomic mass is 32.2. The summed E-state index contributed by atoms with van der Waals surface area (Å²) in [4.78, 5) is 23.1. The molecule has 1 aromatic rings. The normalized spacial score (nSPS) is 16.9. The Balaban J connectivity index is 2.36. The molecule has 0 bridgehead atoms. The quantitative estimate of drug-likeness (QED) is 0.716. The number of amides is 1. The zero-order valence-corrected chi connectivity index (χ0v) is 14.7. The summed E-state index contributed by atoms with van der Waals surface area (Å²) in [7, 11) is -2.45. The number of hydrogen-bond donors (Lipinski definition) is 2. The van der Waals surface area contributed by atoms with Crippen molar-refractivity contribution in [2.24, 2.45) is 0 Å². The van der Waals surface area contributed by atoms with Crippen LogP contribution in [0.2, 0.25) is 0 Å². The van der Waals surface area contributed by atoms with E-state index in [1.165, 1.54) is 36.5 Å². The van der Waals surface area contributed by atoms with Crippen molar-refractivity contribution < 1.29 is 32.6 Å². The van der Waals surface area contributed by atoms with Crippen molar-refractivity contribution in [3.63, 3.8) is 0 Å². The monoisotopic (exact) mass is 372 g/mol. The van der Waals surface area contributed by atoms with E-state index in [2.05, 4.69) is 5.32 Å². The standard InChI is InChI=1S/C15H20N2O7S/c1-10(15(19)20)16-14(18)12-9-11(3-4-13(12)23-2)25(21,22)17-5-7-24-8-6-17/h3-4,9-10H,5-8H2,1-2H3,(H,16,18)(H,19,20)/t10-/m0/s1. The van der Waals surface area contributed by atoms with E-state index in [1.807, 2.05) is 0 Å². The first-order chi connectivity index (χ1) is 11.8. The van der Waals surface area contributed by atoms with Crippen LogP contribution in [0, 0.1) is 0 Å². The van der Waals surface area contributed by atoms with Crippen molar-refractivity contribution in [3.8, 4) is 5.75 Å². The summed E-state index contributed by atoms with van der Waals surface area (Å²) >= 11 is 0. The van der Waals surface area contributed by atoms with Crippen LogP contribution in [0.1, 0.15) is 17.3 Å². The number of ether oxygens (including phenoxy) is 2. The molecule has 0 aliphatic carbocycles. The SMILES string of the molecule is COc1ccc(S(=O)(=O)N2CCOCC2)cc1C(=O)N[C@@H](C)C(=O)O. The molecule has 1 aliphatic rings. The third-order valence-electron chi connectivity index (χ3n) is 3.74. The first-order valence-corrected chi connectivity index (χ1v) is 9.01. The number of sulfonamides is 1. The number of carbonyl (C=O) groups excluding carboxylic acids is 1. The van der Waals surface area contributed by atoms with Crippen LogP contribution in [0.3, 0.4) is 0 Å². The molecule has 1 aromatic carbocycles. The average molecular weight is 372 g/mol. The Bertz CT molecular complexity index is 757. The molecule has 2 N–H and O–H groups in total. The molecule has 1 atom stereocenters. The second-order valence-corrected chi connectivity index (χ2v) is 7.35. The lowest BCUT2D eigenvalue weighted by Gasteiger charge is -2.26. The molecular formula is C15H20N2O7S. The predicted molar refractivity (Wildman–Crippen MR) is 87.1 cm³/mol. The molecule has 1 aliphatic heterocycles. The molecule has 0 radical (unpaired) electrons. The van der Waals surface area contributed by atoms with Crippen LogP contribution in [-0.4, -0.2) is 69.2 Å². The van der Waals surface area contributed by atoms with Gasteiger partial charge in [0.2, 0.25) is 10.0 Å². The van der Waals surface area contributed by atoms with Crippen molar-refractivity contribution in [2.75, 3.05) is 33.4 Å². The molecule has 1 amide bonds. The van der Waals surface area contributed by atoms with Crippen LogP contribution < -0.4 is 10.1 Å². The highest BCUT2D eigenvalue weighted by Crippen LogP contribution is 2.25. The lowest BCUT2D eigenvalue weighted by atomic mass is 10.1. The minimum Gasteiger partial charge on any atom is -0.496 e. The summed E-state index contributed by atoms with van der Waals surface area (Å²) in [5.74, 6) is -1.79. The lowest BCUT2D eigenvalue weighted by Crippen LogP contribution is -2.41.